The maximum atomic E-state index is 5.74. The van der Waals surface area contributed by atoms with E-state index in [-0.39, 0.29) is 6.04 Å². The molecule has 1 aromatic carbocycles. The van der Waals surface area contributed by atoms with Crippen molar-refractivity contribution in [3.05, 3.63) is 60.4 Å². The Kier molecular flexibility index (Phi) is 2.98. The quantitative estimate of drug-likeness (QED) is 0.548. The predicted molar refractivity (Wildman–Crippen MR) is 74.1 cm³/mol. The van der Waals surface area contributed by atoms with Crippen LogP contribution in [0.5, 0.6) is 0 Å². The number of benzene rings is 1. The van der Waals surface area contributed by atoms with Crippen molar-refractivity contribution in [3.8, 4) is 0 Å². The number of rotatable bonds is 3. The van der Waals surface area contributed by atoms with Crippen molar-refractivity contribution in [2.24, 2.45) is 12.9 Å². The molecule has 0 aliphatic rings. The maximum Gasteiger partial charge on any atom is 0.131 e. The number of hydrazine groups is 1. The van der Waals surface area contributed by atoms with Crippen molar-refractivity contribution in [1.29, 1.82) is 0 Å². The summed E-state index contributed by atoms with van der Waals surface area (Å²) in [5.74, 6) is 6.62. The first kappa shape index (κ1) is 11.8. The first-order valence-electron chi connectivity index (χ1n) is 6.07. The minimum Gasteiger partial charge on any atom is -0.336 e. The lowest BCUT2D eigenvalue weighted by Crippen LogP contribution is -2.31. The molecule has 3 N–H and O–H groups in total. The lowest BCUT2D eigenvalue weighted by Gasteiger charge is -2.18. The Labute approximate surface area is 111 Å². The number of hydrogen-bond donors (Lipinski definition) is 2. The van der Waals surface area contributed by atoms with Crippen LogP contribution in [0, 0.1) is 0 Å². The SMILES string of the molecule is Cn1ccnc1C(NN)c1cccc2cnccc12. The number of aryl methyl sites for hydroxylation is 1. The van der Waals surface area contributed by atoms with Gasteiger partial charge in [0.1, 0.15) is 11.9 Å². The van der Waals surface area contributed by atoms with Crippen molar-refractivity contribution < 1.29 is 0 Å². The van der Waals surface area contributed by atoms with Crippen molar-refractivity contribution in [2.45, 2.75) is 6.04 Å². The summed E-state index contributed by atoms with van der Waals surface area (Å²) in [4.78, 5) is 8.52. The van der Waals surface area contributed by atoms with Gasteiger partial charge in [-0.2, -0.15) is 0 Å². The van der Waals surface area contributed by atoms with Crippen LogP contribution >= 0.6 is 0 Å². The molecule has 0 radical (unpaired) electrons. The van der Waals surface area contributed by atoms with Crippen LogP contribution in [0.25, 0.3) is 10.8 Å². The Morgan fingerprint density at radius 2 is 2.16 bits per heavy atom. The molecule has 3 aromatic rings. The molecule has 1 atom stereocenters. The molecule has 3 rings (SSSR count). The number of imidazole rings is 1. The summed E-state index contributed by atoms with van der Waals surface area (Å²) in [5.41, 5.74) is 3.94. The van der Waals surface area contributed by atoms with E-state index in [0.29, 0.717) is 0 Å². The van der Waals surface area contributed by atoms with Crippen molar-refractivity contribution in [3.63, 3.8) is 0 Å². The molecule has 0 amide bonds. The van der Waals surface area contributed by atoms with Gasteiger partial charge in [-0.25, -0.2) is 10.4 Å². The van der Waals surface area contributed by atoms with Crippen LogP contribution in [0.4, 0.5) is 0 Å². The number of pyridine rings is 1. The van der Waals surface area contributed by atoms with E-state index in [1.54, 1.807) is 12.4 Å². The van der Waals surface area contributed by atoms with Gasteiger partial charge in [0, 0.05) is 37.2 Å². The molecule has 2 aromatic heterocycles. The van der Waals surface area contributed by atoms with Crippen LogP contribution in [-0.4, -0.2) is 14.5 Å². The van der Waals surface area contributed by atoms with Crippen LogP contribution in [0.15, 0.2) is 49.1 Å². The maximum absolute atomic E-state index is 5.74. The minimum absolute atomic E-state index is 0.147. The standard InChI is InChI=1S/C14H15N5/c1-19-8-7-17-14(19)13(18-15)12-4-2-3-10-9-16-6-5-11(10)12/h2-9,13,18H,15H2,1H3. The minimum atomic E-state index is -0.147. The zero-order valence-corrected chi connectivity index (χ0v) is 10.6. The van der Waals surface area contributed by atoms with Gasteiger partial charge in [0.05, 0.1) is 0 Å². The van der Waals surface area contributed by atoms with Gasteiger partial charge in [-0.15, -0.1) is 0 Å². The van der Waals surface area contributed by atoms with E-state index >= 15 is 0 Å². The van der Waals surface area contributed by atoms with E-state index in [2.05, 4.69) is 21.5 Å². The number of fused-ring (bicyclic) bond motifs is 1. The van der Waals surface area contributed by atoms with Gasteiger partial charge in [0.15, 0.2) is 0 Å². The highest BCUT2D eigenvalue weighted by Gasteiger charge is 2.18. The Morgan fingerprint density at radius 1 is 1.26 bits per heavy atom. The summed E-state index contributed by atoms with van der Waals surface area (Å²) in [7, 11) is 1.96. The summed E-state index contributed by atoms with van der Waals surface area (Å²) >= 11 is 0. The average Bonchev–Trinajstić information content (AvgIpc) is 2.86. The predicted octanol–water partition coefficient (Wildman–Crippen LogP) is 1.52. The monoisotopic (exact) mass is 253 g/mol. The number of nitrogens with zero attached hydrogens (tertiary/aromatic N) is 3. The zero-order chi connectivity index (χ0) is 13.2. The number of nitrogens with one attached hydrogen (secondary N) is 1. The lowest BCUT2D eigenvalue weighted by molar-refractivity contribution is 0.583. The van der Waals surface area contributed by atoms with Gasteiger partial charge in [-0.05, 0) is 17.0 Å². The number of nitrogens with two attached hydrogens (primary N) is 1. The summed E-state index contributed by atoms with van der Waals surface area (Å²) in [6.45, 7) is 0. The Hall–Kier alpha value is -2.24. The zero-order valence-electron chi connectivity index (χ0n) is 10.6. The summed E-state index contributed by atoms with van der Waals surface area (Å²) in [6.07, 6.45) is 7.32. The van der Waals surface area contributed by atoms with E-state index in [4.69, 9.17) is 5.84 Å². The van der Waals surface area contributed by atoms with E-state index in [1.807, 2.05) is 42.2 Å². The summed E-state index contributed by atoms with van der Waals surface area (Å²) in [6, 6.07) is 7.95. The highest BCUT2D eigenvalue weighted by Crippen LogP contribution is 2.26. The molecule has 0 aliphatic carbocycles. The van der Waals surface area contributed by atoms with Gasteiger partial charge in [-0.1, -0.05) is 18.2 Å². The van der Waals surface area contributed by atoms with Gasteiger partial charge in [-0.3, -0.25) is 10.8 Å². The lowest BCUT2D eigenvalue weighted by atomic mass is 10.00. The Morgan fingerprint density at radius 3 is 2.89 bits per heavy atom. The van der Waals surface area contributed by atoms with Crippen LogP contribution in [0.2, 0.25) is 0 Å². The second-order valence-corrected chi connectivity index (χ2v) is 4.44. The van der Waals surface area contributed by atoms with Gasteiger partial charge in [0.25, 0.3) is 0 Å². The first-order valence-corrected chi connectivity index (χ1v) is 6.07. The normalized spacial score (nSPS) is 12.7. The molecule has 5 heteroatoms. The molecule has 1 unspecified atom stereocenters. The van der Waals surface area contributed by atoms with Crippen LogP contribution in [-0.2, 0) is 7.05 Å². The second-order valence-electron chi connectivity index (χ2n) is 4.44. The summed E-state index contributed by atoms with van der Waals surface area (Å²) in [5, 5.41) is 2.22. The molecule has 0 aliphatic heterocycles. The number of hydrogen-bond acceptors (Lipinski definition) is 4. The highest BCUT2D eigenvalue weighted by molar-refractivity contribution is 5.85. The van der Waals surface area contributed by atoms with Crippen LogP contribution in [0.1, 0.15) is 17.4 Å². The molecular formula is C14H15N5. The van der Waals surface area contributed by atoms with Gasteiger partial charge in [0.2, 0.25) is 0 Å². The van der Waals surface area contributed by atoms with Gasteiger partial charge >= 0.3 is 0 Å². The van der Waals surface area contributed by atoms with E-state index < -0.39 is 0 Å². The summed E-state index contributed by atoms with van der Waals surface area (Å²) < 4.78 is 1.96. The molecule has 19 heavy (non-hydrogen) atoms. The Balaban J connectivity index is 2.20. The molecular weight excluding hydrogens is 238 g/mol. The van der Waals surface area contributed by atoms with E-state index in [9.17, 15) is 0 Å². The molecule has 96 valence electrons. The highest BCUT2D eigenvalue weighted by atomic mass is 15.3. The van der Waals surface area contributed by atoms with Crippen molar-refractivity contribution in [1.82, 2.24) is 20.0 Å². The molecule has 0 fully saturated rings. The average molecular weight is 253 g/mol. The Bertz CT molecular complexity index is 698. The van der Waals surface area contributed by atoms with Crippen LogP contribution in [0.3, 0.4) is 0 Å². The van der Waals surface area contributed by atoms with E-state index in [0.717, 1.165) is 22.2 Å². The van der Waals surface area contributed by atoms with Gasteiger partial charge < -0.3 is 4.57 Å². The topological polar surface area (TPSA) is 68.8 Å². The van der Waals surface area contributed by atoms with Crippen molar-refractivity contribution >= 4 is 10.8 Å². The fourth-order valence-corrected chi connectivity index (χ4v) is 2.36. The molecule has 0 saturated heterocycles. The third-order valence-electron chi connectivity index (χ3n) is 3.31. The molecule has 0 bridgehead atoms. The molecule has 5 nitrogen and oxygen atoms in total. The van der Waals surface area contributed by atoms with Crippen molar-refractivity contribution in [2.75, 3.05) is 0 Å². The first-order chi connectivity index (χ1) is 9.31. The molecule has 0 saturated carbocycles. The third-order valence-corrected chi connectivity index (χ3v) is 3.31. The largest absolute Gasteiger partial charge is 0.336 e. The molecule has 0 spiro atoms. The van der Waals surface area contributed by atoms with Crippen LogP contribution < -0.4 is 11.3 Å². The fraction of sp³-hybridized carbons (Fsp3) is 0.143. The van der Waals surface area contributed by atoms with E-state index in [1.165, 1.54) is 0 Å². The fourth-order valence-electron chi connectivity index (χ4n) is 2.36. The molecule has 2 heterocycles. The third kappa shape index (κ3) is 1.99. The second kappa shape index (κ2) is 4.79. The number of aromatic nitrogens is 3. The smallest absolute Gasteiger partial charge is 0.131 e.